The van der Waals surface area contributed by atoms with Crippen LogP contribution in [0.25, 0.3) is 0 Å². The van der Waals surface area contributed by atoms with Gasteiger partial charge in [0.15, 0.2) is 0 Å². The Labute approximate surface area is 247 Å². The molecular weight excluding hydrogens is 562 g/mol. The van der Waals surface area contributed by atoms with Crippen LogP contribution < -0.4 is 10.1 Å². The van der Waals surface area contributed by atoms with Gasteiger partial charge >= 0.3 is 11.9 Å². The number of rotatable bonds is 11. The second-order valence-corrected chi connectivity index (χ2v) is 10.5. The molecule has 0 radical (unpaired) electrons. The average Bonchev–Trinajstić information content (AvgIpc) is 2.99. The van der Waals surface area contributed by atoms with Crippen molar-refractivity contribution in [2.24, 2.45) is 0 Å². The van der Waals surface area contributed by atoms with Gasteiger partial charge in [0.05, 0.1) is 25.3 Å². The standard InChI is InChI=1S/C32H28ClNO6S/c1-38-31(36)27-15-13-23(17-28(27)32(37)39-2)34-30(35)16-12-22-11-14-26(19-29(22)33)41-25-10-6-9-24(18-25)40-20-21-7-4-3-5-8-21/h3-11,13-15,17-19H,12,16,20H2,1-2H3,(H,34,35). The summed E-state index contributed by atoms with van der Waals surface area (Å²) >= 11 is 8.12. The molecule has 1 amide bonds. The van der Waals surface area contributed by atoms with E-state index in [0.717, 1.165) is 26.7 Å². The molecule has 4 aromatic carbocycles. The van der Waals surface area contributed by atoms with Crippen LogP contribution in [0.2, 0.25) is 5.02 Å². The number of amides is 1. The van der Waals surface area contributed by atoms with Crippen LogP contribution in [-0.4, -0.2) is 32.1 Å². The van der Waals surface area contributed by atoms with E-state index in [1.807, 2.05) is 72.8 Å². The lowest BCUT2D eigenvalue weighted by Crippen LogP contribution is -2.15. The fourth-order valence-electron chi connectivity index (χ4n) is 3.96. The number of benzene rings is 4. The van der Waals surface area contributed by atoms with Crippen LogP contribution in [0, 0.1) is 0 Å². The third-order valence-corrected chi connectivity index (χ3v) is 7.38. The van der Waals surface area contributed by atoms with E-state index >= 15 is 0 Å². The number of esters is 2. The topological polar surface area (TPSA) is 90.9 Å². The normalized spacial score (nSPS) is 10.5. The Kier molecular flexibility index (Phi) is 10.4. The van der Waals surface area contributed by atoms with Crippen LogP contribution in [0.15, 0.2) is 101 Å². The average molecular weight is 590 g/mol. The first-order valence-corrected chi connectivity index (χ1v) is 13.9. The fraction of sp³-hybridized carbons (Fsp3) is 0.156. The van der Waals surface area contributed by atoms with E-state index in [4.69, 9.17) is 25.8 Å². The molecule has 41 heavy (non-hydrogen) atoms. The molecule has 0 saturated heterocycles. The zero-order chi connectivity index (χ0) is 29.2. The van der Waals surface area contributed by atoms with E-state index in [1.165, 1.54) is 32.4 Å². The molecule has 0 heterocycles. The second-order valence-electron chi connectivity index (χ2n) is 8.90. The van der Waals surface area contributed by atoms with Crippen molar-refractivity contribution >= 4 is 46.9 Å². The van der Waals surface area contributed by atoms with Crippen molar-refractivity contribution in [1.82, 2.24) is 0 Å². The maximum atomic E-state index is 12.6. The van der Waals surface area contributed by atoms with Gasteiger partial charge in [-0.3, -0.25) is 4.79 Å². The molecule has 4 aromatic rings. The van der Waals surface area contributed by atoms with E-state index in [1.54, 1.807) is 11.8 Å². The Morgan fingerprint density at radius 3 is 2.24 bits per heavy atom. The SMILES string of the molecule is COC(=O)c1ccc(NC(=O)CCc2ccc(Sc3cccc(OCc4ccccc4)c3)cc2Cl)cc1C(=O)OC. The number of aryl methyl sites for hydroxylation is 1. The highest BCUT2D eigenvalue weighted by molar-refractivity contribution is 7.99. The van der Waals surface area contributed by atoms with E-state index in [-0.39, 0.29) is 23.5 Å². The summed E-state index contributed by atoms with van der Waals surface area (Å²) in [6.45, 7) is 0.494. The summed E-state index contributed by atoms with van der Waals surface area (Å²) in [7, 11) is 2.43. The number of hydrogen-bond acceptors (Lipinski definition) is 7. The molecule has 0 spiro atoms. The zero-order valence-electron chi connectivity index (χ0n) is 22.5. The molecule has 0 atom stereocenters. The summed E-state index contributed by atoms with van der Waals surface area (Å²) in [5.41, 5.74) is 2.34. The molecule has 0 bridgehead atoms. The van der Waals surface area contributed by atoms with E-state index in [0.29, 0.717) is 23.7 Å². The van der Waals surface area contributed by atoms with E-state index in [2.05, 4.69) is 5.32 Å². The number of methoxy groups -OCH3 is 2. The summed E-state index contributed by atoms with van der Waals surface area (Å²) in [6.07, 6.45) is 0.585. The van der Waals surface area contributed by atoms with Gasteiger partial charge < -0.3 is 19.5 Å². The zero-order valence-corrected chi connectivity index (χ0v) is 24.1. The monoisotopic (exact) mass is 589 g/mol. The van der Waals surface area contributed by atoms with Gasteiger partial charge in [-0.15, -0.1) is 0 Å². The van der Waals surface area contributed by atoms with Crippen LogP contribution in [-0.2, 0) is 27.3 Å². The minimum absolute atomic E-state index is 0.00146. The van der Waals surface area contributed by atoms with Crippen molar-refractivity contribution in [3.05, 3.63) is 118 Å². The fourth-order valence-corrected chi connectivity index (χ4v) is 5.21. The lowest BCUT2D eigenvalue weighted by atomic mass is 10.1. The predicted molar refractivity (Wildman–Crippen MR) is 159 cm³/mol. The Hall–Kier alpha value is -4.27. The highest BCUT2D eigenvalue weighted by Gasteiger charge is 2.19. The summed E-state index contributed by atoms with van der Waals surface area (Å²) in [5.74, 6) is -0.874. The highest BCUT2D eigenvalue weighted by Crippen LogP contribution is 2.33. The molecule has 7 nitrogen and oxygen atoms in total. The quantitative estimate of drug-likeness (QED) is 0.185. The van der Waals surface area contributed by atoms with Gasteiger partial charge in [0.1, 0.15) is 12.4 Å². The summed E-state index contributed by atoms with van der Waals surface area (Å²) in [5, 5.41) is 3.31. The van der Waals surface area contributed by atoms with E-state index < -0.39 is 11.9 Å². The van der Waals surface area contributed by atoms with Crippen molar-refractivity contribution in [1.29, 1.82) is 0 Å². The van der Waals surface area contributed by atoms with Crippen molar-refractivity contribution in [2.75, 3.05) is 19.5 Å². The third kappa shape index (κ3) is 8.36. The van der Waals surface area contributed by atoms with Gasteiger partial charge in [0.25, 0.3) is 0 Å². The molecule has 0 aliphatic heterocycles. The van der Waals surface area contributed by atoms with Gasteiger partial charge in [-0.25, -0.2) is 9.59 Å². The van der Waals surface area contributed by atoms with Crippen molar-refractivity contribution < 1.29 is 28.6 Å². The van der Waals surface area contributed by atoms with Crippen molar-refractivity contribution in [2.45, 2.75) is 29.2 Å². The lowest BCUT2D eigenvalue weighted by Gasteiger charge is -2.11. The van der Waals surface area contributed by atoms with E-state index in [9.17, 15) is 14.4 Å². The first-order chi connectivity index (χ1) is 19.9. The first kappa shape index (κ1) is 29.7. The number of anilines is 1. The Balaban J connectivity index is 1.33. The Morgan fingerprint density at radius 1 is 0.780 bits per heavy atom. The maximum absolute atomic E-state index is 12.6. The summed E-state index contributed by atoms with van der Waals surface area (Å²) in [4.78, 5) is 38.7. The molecule has 4 rings (SSSR count). The maximum Gasteiger partial charge on any atom is 0.338 e. The molecule has 0 aromatic heterocycles. The smallest absolute Gasteiger partial charge is 0.338 e. The predicted octanol–water partition coefficient (Wildman–Crippen LogP) is 7.21. The molecule has 0 aliphatic carbocycles. The first-order valence-electron chi connectivity index (χ1n) is 12.7. The molecule has 0 saturated carbocycles. The number of carbonyl (C=O) groups excluding carboxylic acids is 3. The molecule has 210 valence electrons. The molecule has 1 N–H and O–H groups in total. The van der Waals surface area contributed by atoms with Gasteiger partial charge in [-0.05, 0) is 66.1 Å². The summed E-state index contributed by atoms with van der Waals surface area (Å²) < 4.78 is 15.4. The second kappa shape index (κ2) is 14.4. The minimum Gasteiger partial charge on any atom is -0.489 e. The van der Waals surface area contributed by atoms with Crippen LogP contribution in [0.3, 0.4) is 0 Å². The van der Waals surface area contributed by atoms with Crippen LogP contribution >= 0.6 is 23.4 Å². The van der Waals surface area contributed by atoms with Crippen LogP contribution in [0.5, 0.6) is 5.75 Å². The molecule has 0 fully saturated rings. The molecule has 0 aliphatic rings. The van der Waals surface area contributed by atoms with Gasteiger partial charge in [-0.2, -0.15) is 0 Å². The summed E-state index contributed by atoms with van der Waals surface area (Å²) in [6, 6.07) is 28.0. The minimum atomic E-state index is -0.710. The van der Waals surface area contributed by atoms with Crippen molar-refractivity contribution in [3.8, 4) is 5.75 Å². The van der Waals surface area contributed by atoms with Gasteiger partial charge in [-0.1, -0.05) is 65.8 Å². The van der Waals surface area contributed by atoms with Crippen molar-refractivity contribution in [3.63, 3.8) is 0 Å². The van der Waals surface area contributed by atoms with Crippen LogP contribution in [0.4, 0.5) is 5.69 Å². The molecular formula is C32H28ClNO6S. The number of halogens is 1. The number of carbonyl (C=O) groups is 3. The Bertz CT molecular complexity index is 1540. The molecule has 0 unspecified atom stereocenters. The highest BCUT2D eigenvalue weighted by atomic mass is 35.5. The van der Waals surface area contributed by atoms with Gasteiger partial charge in [0.2, 0.25) is 5.91 Å². The largest absolute Gasteiger partial charge is 0.489 e. The van der Waals surface area contributed by atoms with Gasteiger partial charge in [0, 0.05) is 26.9 Å². The third-order valence-electron chi connectivity index (χ3n) is 6.05. The number of hydrogen-bond donors (Lipinski definition) is 1. The number of ether oxygens (including phenoxy) is 3. The van der Waals surface area contributed by atoms with Crippen LogP contribution in [0.1, 0.15) is 38.3 Å². The lowest BCUT2D eigenvalue weighted by molar-refractivity contribution is -0.116. The number of nitrogens with one attached hydrogen (secondary N) is 1. The molecule has 9 heteroatoms. The Morgan fingerprint density at radius 2 is 1.51 bits per heavy atom.